The van der Waals surface area contributed by atoms with Gasteiger partial charge in [-0.2, -0.15) is 11.3 Å². The molecule has 3 saturated heterocycles. The van der Waals surface area contributed by atoms with Gasteiger partial charge in [-0.3, -0.25) is 4.90 Å². The topological polar surface area (TPSA) is 24.9 Å². The number of piperidine rings is 1. The zero-order valence-electron chi connectivity index (χ0n) is 16.2. The number of likely N-dealkylation sites (tertiary alicyclic amines) is 2. The fourth-order valence-electron chi connectivity index (χ4n) is 5.38. The molecule has 4 heterocycles. The second-order valence-corrected chi connectivity index (χ2v) is 9.45. The Balaban J connectivity index is 1.33. The van der Waals surface area contributed by atoms with Crippen molar-refractivity contribution in [2.45, 2.75) is 32.2 Å². The van der Waals surface area contributed by atoms with Gasteiger partial charge in [-0.1, -0.05) is 0 Å². The normalized spacial score (nSPS) is 28.1. The maximum Gasteiger partial charge on any atom is 0.0508 e. The monoisotopic (exact) mass is 378 g/mol. The molecule has 4 rings (SSSR count). The van der Waals surface area contributed by atoms with Crippen molar-refractivity contribution >= 4 is 11.3 Å². The zero-order valence-corrected chi connectivity index (χ0v) is 17.0. The number of rotatable bonds is 6. The molecule has 146 valence electrons. The van der Waals surface area contributed by atoms with Gasteiger partial charge in [-0.15, -0.1) is 0 Å². The van der Waals surface area contributed by atoms with Crippen LogP contribution in [0.1, 0.15) is 31.2 Å². The van der Waals surface area contributed by atoms with Crippen LogP contribution in [0.15, 0.2) is 16.8 Å². The number of ether oxygens (including phenoxy) is 2. The Hall–Kier alpha value is -0.460. The summed E-state index contributed by atoms with van der Waals surface area (Å²) in [5, 5.41) is 4.50. The Bertz CT molecular complexity index is 536. The van der Waals surface area contributed by atoms with Gasteiger partial charge in [0.25, 0.3) is 0 Å². The molecule has 3 fully saturated rings. The summed E-state index contributed by atoms with van der Waals surface area (Å²) in [6.45, 7) is 10.2. The Kier molecular flexibility index (Phi) is 6.32. The van der Waals surface area contributed by atoms with Gasteiger partial charge in [0.15, 0.2) is 0 Å². The number of nitrogens with zero attached hydrogens (tertiary/aromatic N) is 2. The zero-order chi connectivity index (χ0) is 17.8. The predicted molar refractivity (Wildman–Crippen MR) is 107 cm³/mol. The van der Waals surface area contributed by atoms with Gasteiger partial charge in [0, 0.05) is 52.4 Å². The van der Waals surface area contributed by atoms with Crippen LogP contribution < -0.4 is 0 Å². The predicted octanol–water partition coefficient (Wildman–Crippen LogP) is 3.34. The summed E-state index contributed by atoms with van der Waals surface area (Å²) in [5.41, 5.74) is 1.94. The van der Waals surface area contributed by atoms with Gasteiger partial charge in [0.1, 0.15) is 0 Å². The van der Waals surface area contributed by atoms with Crippen molar-refractivity contribution in [3.63, 3.8) is 0 Å². The summed E-state index contributed by atoms with van der Waals surface area (Å²) >= 11 is 1.81. The van der Waals surface area contributed by atoms with Crippen LogP contribution >= 0.6 is 11.3 Å². The Labute approximate surface area is 162 Å². The Morgan fingerprint density at radius 3 is 2.73 bits per heavy atom. The van der Waals surface area contributed by atoms with E-state index in [1.165, 1.54) is 64.0 Å². The molecule has 0 radical (unpaired) electrons. The Morgan fingerprint density at radius 2 is 2.04 bits per heavy atom. The molecule has 0 amide bonds. The third-order valence-electron chi connectivity index (χ3n) is 6.95. The average Bonchev–Trinajstić information content (AvgIpc) is 3.28. The molecule has 3 aliphatic rings. The summed E-state index contributed by atoms with van der Waals surface area (Å²) in [4.78, 5) is 5.41. The van der Waals surface area contributed by atoms with Gasteiger partial charge in [-0.25, -0.2) is 0 Å². The molecular weight excluding hydrogens is 344 g/mol. The third kappa shape index (κ3) is 4.33. The third-order valence-corrected chi connectivity index (χ3v) is 7.68. The molecule has 1 aromatic heterocycles. The summed E-state index contributed by atoms with van der Waals surface area (Å²) in [6.07, 6.45) is 5.18. The van der Waals surface area contributed by atoms with E-state index in [-0.39, 0.29) is 0 Å². The van der Waals surface area contributed by atoms with Crippen LogP contribution in [0.3, 0.4) is 0 Å². The number of hydrogen-bond donors (Lipinski definition) is 0. The lowest BCUT2D eigenvalue weighted by atomic mass is 9.71. The van der Waals surface area contributed by atoms with Crippen molar-refractivity contribution in [2.75, 3.05) is 59.7 Å². The van der Waals surface area contributed by atoms with Crippen molar-refractivity contribution in [3.05, 3.63) is 22.4 Å². The first-order valence-corrected chi connectivity index (χ1v) is 11.2. The van der Waals surface area contributed by atoms with E-state index in [1.807, 2.05) is 18.4 Å². The summed E-state index contributed by atoms with van der Waals surface area (Å²) < 4.78 is 11.2. The van der Waals surface area contributed by atoms with Crippen LogP contribution in [0.4, 0.5) is 0 Å². The average molecular weight is 379 g/mol. The van der Waals surface area contributed by atoms with E-state index in [0.717, 1.165) is 32.3 Å². The molecule has 26 heavy (non-hydrogen) atoms. The second-order valence-electron chi connectivity index (χ2n) is 8.67. The highest BCUT2D eigenvalue weighted by Crippen LogP contribution is 2.45. The summed E-state index contributed by atoms with van der Waals surface area (Å²) in [7, 11) is 1.87. The molecule has 1 atom stereocenters. The first-order valence-electron chi connectivity index (χ1n) is 10.3. The highest BCUT2D eigenvalue weighted by molar-refractivity contribution is 7.07. The highest BCUT2D eigenvalue weighted by Gasteiger charge is 2.47. The van der Waals surface area contributed by atoms with Crippen molar-refractivity contribution in [1.82, 2.24) is 9.80 Å². The van der Waals surface area contributed by atoms with E-state index in [1.54, 1.807) is 0 Å². The van der Waals surface area contributed by atoms with Gasteiger partial charge in [-0.05, 0) is 72.5 Å². The van der Waals surface area contributed by atoms with E-state index in [9.17, 15) is 0 Å². The van der Waals surface area contributed by atoms with Crippen LogP contribution in [0.2, 0.25) is 0 Å². The van der Waals surface area contributed by atoms with Gasteiger partial charge < -0.3 is 14.4 Å². The maximum absolute atomic E-state index is 5.63. The fourth-order valence-corrected chi connectivity index (χ4v) is 6.04. The van der Waals surface area contributed by atoms with Crippen molar-refractivity contribution in [3.8, 4) is 0 Å². The number of methoxy groups -OCH3 is 1. The van der Waals surface area contributed by atoms with Crippen LogP contribution in [0, 0.1) is 17.3 Å². The van der Waals surface area contributed by atoms with Crippen molar-refractivity contribution in [1.29, 1.82) is 0 Å². The molecule has 1 spiro atoms. The van der Waals surface area contributed by atoms with Gasteiger partial charge in [0.2, 0.25) is 0 Å². The van der Waals surface area contributed by atoms with E-state index >= 15 is 0 Å². The maximum atomic E-state index is 5.63. The van der Waals surface area contributed by atoms with Crippen LogP contribution in [0.5, 0.6) is 0 Å². The standard InChI is InChI=1S/C21H34N2O2S/c1-24-15-20-14-23(13-19-4-11-26-16-19)17-21(20)5-7-22(8-6-21)12-18-2-9-25-10-3-18/h4,11,16,18,20H,2-3,5-10,12-15,17H2,1H3/t20-/m1/s1. The number of hydrogen-bond acceptors (Lipinski definition) is 5. The van der Waals surface area contributed by atoms with Crippen LogP contribution in [0.25, 0.3) is 0 Å². The molecule has 0 saturated carbocycles. The van der Waals surface area contributed by atoms with E-state index in [4.69, 9.17) is 9.47 Å². The SMILES string of the molecule is COC[C@H]1CN(Cc2ccsc2)CC12CCN(CC1CCOCC1)CC2. The smallest absolute Gasteiger partial charge is 0.0508 e. The lowest BCUT2D eigenvalue weighted by Gasteiger charge is -2.43. The molecule has 3 aliphatic heterocycles. The fraction of sp³-hybridized carbons (Fsp3) is 0.810. The van der Waals surface area contributed by atoms with Crippen molar-refractivity contribution in [2.24, 2.45) is 17.3 Å². The highest BCUT2D eigenvalue weighted by atomic mass is 32.1. The van der Waals surface area contributed by atoms with Crippen LogP contribution in [-0.4, -0.2) is 69.5 Å². The molecule has 0 bridgehead atoms. The summed E-state index contributed by atoms with van der Waals surface area (Å²) in [6, 6.07) is 2.28. The molecule has 0 aromatic carbocycles. The molecule has 1 aromatic rings. The molecule has 0 N–H and O–H groups in total. The lowest BCUT2D eigenvalue weighted by molar-refractivity contribution is 0.0160. The quantitative estimate of drug-likeness (QED) is 0.758. The first kappa shape index (κ1) is 18.9. The largest absolute Gasteiger partial charge is 0.384 e. The molecular formula is C21H34N2O2S. The van der Waals surface area contributed by atoms with E-state index in [0.29, 0.717) is 11.3 Å². The van der Waals surface area contributed by atoms with E-state index < -0.39 is 0 Å². The molecule has 0 unspecified atom stereocenters. The molecule has 0 aliphatic carbocycles. The van der Waals surface area contributed by atoms with Gasteiger partial charge >= 0.3 is 0 Å². The molecule has 5 heteroatoms. The minimum atomic E-state index is 0.470. The Morgan fingerprint density at radius 1 is 1.23 bits per heavy atom. The van der Waals surface area contributed by atoms with E-state index in [2.05, 4.69) is 26.6 Å². The minimum Gasteiger partial charge on any atom is -0.384 e. The van der Waals surface area contributed by atoms with Crippen molar-refractivity contribution < 1.29 is 9.47 Å². The van der Waals surface area contributed by atoms with Crippen LogP contribution in [-0.2, 0) is 16.0 Å². The summed E-state index contributed by atoms with van der Waals surface area (Å²) in [5.74, 6) is 1.54. The lowest BCUT2D eigenvalue weighted by Crippen LogP contribution is -2.46. The number of thiophene rings is 1. The molecule has 4 nitrogen and oxygen atoms in total. The minimum absolute atomic E-state index is 0.470. The van der Waals surface area contributed by atoms with Gasteiger partial charge in [0.05, 0.1) is 6.61 Å². The first-order chi connectivity index (χ1) is 12.8. The second kappa shape index (κ2) is 8.70.